The van der Waals surface area contributed by atoms with Gasteiger partial charge in [0.2, 0.25) is 10.0 Å². The number of halogens is 1. The van der Waals surface area contributed by atoms with E-state index in [-0.39, 0.29) is 12.3 Å². The van der Waals surface area contributed by atoms with Crippen molar-refractivity contribution in [3.05, 3.63) is 88.6 Å². The zero-order valence-electron chi connectivity index (χ0n) is 14.3. The van der Waals surface area contributed by atoms with E-state index < -0.39 is 10.0 Å². The Morgan fingerprint density at radius 3 is 2.62 bits per heavy atom. The minimum Gasteiger partial charge on any atom is -0.256 e. The Morgan fingerprint density at radius 1 is 1.04 bits per heavy atom. The van der Waals surface area contributed by atoms with E-state index in [2.05, 4.69) is 9.71 Å². The lowest BCUT2D eigenvalue weighted by Gasteiger charge is -2.11. The van der Waals surface area contributed by atoms with Crippen LogP contribution in [-0.4, -0.2) is 13.4 Å². The molecule has 0 saturated carbocycles. The van der Waals surface area contributed by atoms with Crippen LogP contribution in [0.3, 0.4) is 0 Å². The number of hydrogen-bond donors (Lipinski definition) is 1. The van der Waals surface area contributed by atoms with Crippen molar-refractivity contribution in [2.45, 2.75) is 19.2 Å². The first-order valence-electron chi connectivity index (χ1n) is 8.16. The van der Waals surface area contributed by atoms with Crippen LogP contribution in [0.1, 0.15) is 16.7 Å². The van der Waals surface area contributed by atoms with Gasteiger partial charge < -0.3 is 0 Å². The maximum atomic E-state index is 12.4. The SMILES string of the molecule is Cc1cccc(-c2ncccc2CNS(=O)(=O)Cc2cccc(Cl)c2)c1. The second kappa shape index (κ2) is 7.99. The largest absolute Gasteiger partial charge is 0.256 e. The van der Waals surface area contributed by atoms with Crippen LogP contribution in [0.2, 0.25) is 5.02 Å². The Morgan fingerprint density at radius 2 is 1.85 bits per heavy atom. The van der Waals surface area contributed by atoms with E-state index in [4.69, 9.17) is 11.6 Å². The molecule has 134 valence electrons. The number of hydrogen-bond acceptors (Lipinski definition) is 3. The second-order valence-electron chi connectivity index (χ2n) is 6.09. The molecule has 6 heteroatoms. The van der Waals surface area contributed by atoms with E-state index in [0.29, 0.717) is 10.6 Å². The predicted octanol–water partition coefficient (Wildman–Crippen LogP) is 4.33. The highest BCUT2D eigenvalue weighted by Crippen LogP contribution is 2.22. The minimum atomic E-state index is -3.49. The number of pyridine rings is 1. The first kappa shape index (κ1) is 18.6. The summed E-state index contributed by atoms with van der Waals surface area (Å²) in [7, 11) is -3.49. The summed E-state index contributed by atoms with van der Waals surface area (Å²) in [6.45, 7) is 2.19. The van der Waals surface area contributed by atoms with Crippen molar-refractivity contribution in [2.24, 2.45) is 0 Å². The van der Waals surface area contributed by atoms with Gasteiger partial charge in [-0.15, -0.1) is 0 Å². The van der Waals surface area contributed by atoms with Crippen molar-refractivity contribution in [3.63, 3.8) is 0 Å². The fraction of sp³-hybridized carbons (Fsp3) is 0.150. The third-order valence-corrected chi connectivity index (χ3v) is 5.44. The topological polar surface area (TPSA) is 59.1 Å². The number of nitrogens with zero attached hydrogens (tertiary/aromatic N) is 1. The molecule has 0 unspecified atom stereocenters. The summed E-state index contributed by atoms with van der Waals surface area (Å²) in [4.78, 5) is 4.43. The maximum Gasteiger partial charge on any atom is 0.216 e. The van der Waals surface area contributed by atoms with Gasteiger partial charge in [-0.3, -0.25) is 4.98 Å². The van der Waals surface area contributed by atoms with Crippen LogP contribution >= 0.6 is 11.6 Å². The van der Waals surface area contributed by atoms with Crippen LogP contribution in [-0.2, 0) is 22.3 Å². The summed E-state index contributed by atoms with van der Waals surface area (Å²) in [5, 5.41) is 0.520. The Bertz CT molecular complexity index is 1020. The molecule has 0 aliphatic carbocycles. The fourth-order valence-electron chi connectivity index (χ4n) is 2.72. The summed E-state index contributed by atoms with van der Waals surface area (Å²) >= 11 is 5.92. The predicted molar refractivity (Wildman–Crippen MR) is 105 cm³/mol. The van der Waals surface area contributed by atoms with Crippen LogP contribution in [0.25, 0.3) is 11.3 Å². The highest BCUT2D eigenvalue weighted by Gasteiger charge is 2.14. The van der Waals surface area contributed by atoms with Crippen molar-refractivity contribution in [1.29, 1.82) is 0 Å². The van der Waals surface area contributed by atoms with Crippen molar-refractivity contribution >= 4 is 21.6 Å². The molecule has 0 saturated heterocycles. The molecule has 3 rings (SSSR count). The molecular weight excluding hydrogens is 368 g/mol. The lowest BCUT2D eigenvalue weighted by molar-refractivity contribution is 0.580. The van der Waals surface area contributed by atoms with Gasteiger partial charge >= 0.3 is 0 Å². The van der Waals surface area contributed by atoms with Gasteiger partial charge in [0.25, 0.3) is 0 Å². The summed E-state index contributed by atoms with van der Waals surface area (Å²) in [6, 6.07) is 18.5. The smallest absolute Gasteiger partial charge is 0.216 e. The molecule has 0 aliphatic rings. The molecule has 1 N–H and O–H groups in total. The molecule has 0 fully saturated rings. The lowest BCUT2D eigenvalue weighted by atomic mass is 10.0. The fourth-order valence-corrected chi connectivity index (χ4v) is 4.03. The summed E-state index contributed by atoms with van der Waals surface area (Å²) in [6.07, 6.45) is 1.71. The molecule has 1 aromatic heterocycles. The normalized spacial score (nSPS) is 11.5. The van der Waals surface area contributed by atoms with Gasteiger partial charge in [0, 0.05) is 23.3 Å². The van der Waals surface area contributed by atoms with E-state index in [9.17, 15) is 8.42 Å². The van der Waals surface area contributed by atoms with Gasteiger partial charge in [0.1, 0.15) is 0 Å². The van der Waals surface area contributed by atoms with Crippen LogP contribution in [0.4, 0.5) is 0 Å². The summed E-state index contributed by atoms with van der Waals surface area (Å²) < 4.78 is 27.5. The van der Waals surface area contributed by atoms with Gasteiger partial charge in [-0.1, -0.05) is 53.6 Å². The summed E-state index contributed by atoms with van der Waals surface area (Å²) in [5.41, 5.74) is 4.35. The standard InChI is InChI=1S/C20H19ClN2O2S/c1-15-5-2-7-17(11-15)20-18(8-4-10-22-20)13-23-26(24,25)14-16-6-3-9-19(21)12-16/h2-12,23H,13-14H2,1H3. The molecule has 0 radical (unpaired) electrons. The monoisotopic (exact) mass is 386 g/mol. The second-order valence-corrected chi connectivity index (χ2v) is 8.33. The van der Waals surface area contributed by atoms with Crippen molar-refractivity contribution in [3.8, 4) is 11.3 Å². The van der Waals surface area contributed by atoms with E-state index in [1.807, 2.05) is 37.3 Å². The van der Waals surface area contributed by atoms with Crippen molar-refractivity contribution in [1.82, 2.24) is 9.71 Å². The van der Waals surface area contributed by atoms with Crippen LogP contribution in [0.15, 0.2) is 66.9 Å². The average Bonchev–Trinajstić information content (AvgIpc) is 2.60. The zero-order valence-corrected chi connectivity index (χ0v) is 15.9. The van der Waals surface area contributed by atoms with E-state index in [0.717, 1.165) is 22.4 Å². The number of aryl methyl sites for hydroxylation is 1. The molecule has 0 spiro atoms. The Labute approximate surface area is 158 Å². The molecular formula is C20H19ClN2O2S. The van der Waals surface area contributed by atoms with Crippen LogP contribution < -0.4 is 4.72 Å². The van der Waals surface area contributed by atoms with Gasteiger partial charge in [0.15, 0.2) is 0 Å². The van der Waals surface area contributed by atoms with Crippen molar-refractivity contribution in [2.75, 3.05) is 0 Å². The quantitative estimate of drug-likeness (QED) is 0.685. The van der Waals surface area contributed by atoms with E-state index in [1.165, 1.54) is 0 Å². The molecule has 2 aromatic carbocycles. The summed E-state index contributed by atoms with van der Waals surface area (Å²) in [5.74, 6) is -0.117. The van der Waals surface area contributed by atoms with Crippen molar-refractivity contribution < 1.29 is 8.42 Å². The number of sulfonamides is 1. The highest BCUT2D eigenvalue weighted by molar-refractivity contribution is 7.88. The molecule has 0 atom stereocenters. The molecule has 0 amide bonds. The van der Waals surface area contributed by atoms with Gasteiger partial charge in [0.05, 0.1) is 11.4 Å². The lowest BCUT2D eigenvalue weighted by Crippen LogP contribution is -2.25. The van der Waals surface area contributed by atoms with E-state index in [1.54, 1.807) is 36.5 Å². The number of aromatic nitrogens is 1. The number of rotatable bonds is 6. The van der Waals surface area contributed by atoms with Crippen LogP contribution in [0.5, 0.6) is 0 Å². The molecule has 3 aromatic rings. The first-order chi connectivity index (χ1) is 12.4. The molecule has 4 nitrogen and oxygen atoms in total. The maximum absolute atomic E-state index is 12.4. The molecule has 1 heterocycles. The Balaban J connectivity index is 1.77. The Hall–Kier alpha value is -2.21. The molecule has 26 heavy (non-hydrogen) atoms. The zero-order chi connectivity index (χ0) is 18.6. The third-order valence-electron chi connectivity index (χ3n) is 3.91. The minimum absolute atomic E-state index is 0.117. The average molecular weight is 387 g/mol. The number of benzene rings is 2. The van der Waals surface area contributed by atoms with Gasteiger partial charge in [-0.2, -0.15) is 0 Å². The number of nitrogens with one attached hydrogen (secondary N) is 1. The van der Waals surface area contributed by atoms with Crippen LogP contribution in [0, 0.1) is 6.92 Å². The third kappa shape index (κ3) is 4.91. The van der Waals surface area contributed by atoms with Gasteiger partial charge in [-0.05, 0) is 42.3 Å². The molecule has 0 bridgehead atoms. The highest BCUT2D eigenvalue weighted by atomic mass is 35.5. The molecule has 0 aliphatic heterocycles. The first-order valence-corrected chi connectivity index (χ1v) is 10.2. The Kier molecular flexibility index (Phi) is 5.71. The van der Waals surface area contributed by atoms with E-state index >= 15 is 0 Å². The van der Waals surface area contributed by atoms with Gasteiger partial charge in [-0.25, -0.2) is 13.1 Å².